The minimum atomic E-state index is 0.0728. The van der Waals surface area contributed by atoms with E-state index in [-0.39, 0.29) is 5.75 Å². The number of phenols is 1. The summed E-state index contributed by atoms with van der Waals surface area (Å²) in [5, 5.41) is 9.44. The van der Waals surface area contributed by atoms with Gasteiger partial charge >= 0.3 is 0 Å². The summed E-state index contributed by atoms with van der Waals surface area (Å²) in [5.74, 6) is 0.447. The molecule has 4 heteroatoms. The van der Waals surface area contributed by atoms with Gasteiger partial charge in [0.2, 0.25) is 0 Å². The summed E-state index contributed by atoms with van der Waals surface area (Å²) in [5.41, 5.74) is 3.11. The maximum absolute atomic E-state index is 10.5. The molecule has 0 saturated heterocycles. The Morgan fingerprint density at radius 3 is 2.55 bits per heavy atom. The molecule has 4 nitrogen and oxygen atoms in total. The van der Waals surface area contributed by atoms with E-state index in [1.54, 1.807) is 12.1 Å². The average Bonchev–Trinajstić information content (AvgIpc) is 2.43. The molecular weight excluding hydrogens is 254 g/mol. The summed E-state index contributed by atoms with van der Waals surface area (Å²) < 4.78 is 4.91. The fraction of sp³-hybridized carbons (Fsp3) is 0.188. The third-order valence-corrected chi connectivity index (χ3v) is 3.11. The van der Waals surface area contributed by atoms with Gasteiger partial charge in [0.15, 0.2) is 0 Å². The number of phenolic OH excluding ortho intramolecular Hbond substituents is 1. The molecule has 0 unspecified atom stereocenters. The minimum Gasteiger partial charge on any atom is -0.508 e. The molecule has 0 radical (unpaired) electrons. The first-order chi connectivity index (χ1) is 9.60. The van der Waals surface area contributed by atoms with Gasteiger partial charge in [-0.2, -0.15) is 0 Å². The fourth-order valence-corrected chi connectivity index (χ4v) is 1.98. The van der Waals surface area contributed by atoms with E-state index in [0.717, 1.165) is 11.3 Å². The van der Waals surface area contributed by atoms with Gasteiger partial charge in [0.05, 0.1) is 0 Å². The van der Waals surface area contributed by atoms with Crippen LogP contribution in [-0.4, -0.2) is 18.6 Å². The van der Waals surface area contributed by atoms with E-state index in [0.29, 0.717) is 18.8 Å². The molecule has 0 aliphatic carbocycles. The average molecular weight is 271 g/mol. The molecular formula is C16H17NO3. The van der Waals surface area contributed by atoms with Crippen molar-refractivity contribution in [2.45, 2.75) is 13.5 Å². The molecule has 0 spiro atoms. The molecule has 0 aliphatic heterocycles. The van der Waals surface area contributed by atoms with E-state index in [1.807, 2.05) is 43.1 Å². The van der Waals surface area contributed by atoms with Gasteiger partial charge in [-0.25, -0.2) is 0 Å². The Labute approximate surface area is 118 Å². The van der Waals surface area contributed by atoms with Crippen molar-refractivity contribution in [3.8, 4) is 11.5 Å². The van der Waals surface area contributed by atoms with Crippen molar-refractivity contribution in [2.75, 3.05) is 11.9 Å². The van der Waals surface area contributed by atoms with E-state index >= 15 is 0 Å². The van der Waals surface area contributed by atoms with Crippen molar-refractivity contribution in [2.24, 2.45) is 0 Å². The third kappa shape index (κ3) is 3.29. The quantitative estimate of drug-likeness (QED) is 0.850. The summed E-state index contributed by atoms with van der Waals surface area (Å²) in [6.45, 7) is 2.98. The number of aryl methyl sites for hydroxylation is 1. The summed E-state index contributed by atoms with van der Waals surface area (Å²) in [4.78, 5) is 12.6. The van der Waals surface area contributed by atoms with E-state index in [9.17, 15) is 9.90 Å². The second-order valence-corrected chi connectivity index (χ2v) is 4.70. The molecule has 0 atom stereocenters. The maximum atomic E-state index is 10.5. The number of hydrogen-bond acceptors (Lipinski definition) is 4. The lowest BCUT2D eigenvalue weighted by molar-refractivity contribution is -0.120. The fourth-order valence-electron chi connectivity index (χ4n) is 1.98. The normalized spacial score (nSPS) is 10.1. The zero-order valence-corrected chi connectivity index (χ0v) is 11.5. The maximum Gasteiger partial charge on any atom is 0.298 e. The highest BCUT2D eigenvalue weighted by atomic mass is 16.5. The van der Waals surface area contributed by atoms with Gasteiger partial charge in [-0.3, -0.25) is 4.79 Å². The SMILES string of the molecule is Cc1ccc(N(C)Cc2ccc(O)cc2OC=O)cc1. The lowest BCUT2D eigenvalue weighted by Crippen LogP contribution is -2.16. The van der Waals surface area contributed by atoms with Crippen molar-refractivity contribution < 1.29 is 14.6 Å². The predicted octanol–water partition coefficient (Wildman–Crippen LogP) is 2.87. The van der Waals surface area contributed by atoms with Crippen molar-refractivity contribution in [1.82, 2.24) is 0 Å². The van der Waals surface area contributed by atoms with Crippen LogP contribution < -0.4 is 9.64 Å². The van der Waals surface area contributed by atoms with Gasteiger partial charge in [-0.15, -0.1) is 0 Å². The second kappa shape index (κ2) is 6.10. The first-order valence-electron chi connectivity index (χ1n) is 6.30. The van der Waals surface area contributed by atoms with Gasteiger partial charge in [0.1, 0.15) is 11.5 Å². The van der Waals surface area contributed by atoms with Crippen molar-refractivity contribution in [3.05, 3.63) is 53.6 Å². The summed E-state index contributed by atoms with van der Waals surface area (Å²) in [6.07, 6.45) is 0. The summed E-state index contributed by atoms with van der Waals surface area (Å²) >= 11 is 0. The molecule has 2 rings (SSSR count). The number of hydrogen-bond donors (Lipinski definition) is 1. The Balaban J connectivity index is 2.20. The lowest BCUT2D eigenvalue weighted by Gasteiger charge is -2.20. The first kappa shape index (κ1) is 13.9. The highest BCUT2D eigenvalue weighted by Crippen LogP contribution is 2.26. The summed E-state index contributed by atoms with van der Waals surface area (Å²) in [6, 6.07) is 12.9. The topological polar surface area (TPSA) is 49.8 Å². The van der Waals surface area contributed by atoms with Gasteiger partial charge in [-0.05, 0) is 31.2 Å². The molecule has 1 N–H and O–H groups in total. The highest BCUT2D eigenvalue weighted by molar-refractivity contribution is 5.53. The largest absolute Gasteiger partial charge is 0.508 e. The van der Waals surface area contributed by atoms with E-state index < -0.39 is 0 Å². The number of benzene rings is 2. The lowest BCUT2D eigenvalue weighted by atomic mass is 10.1. The molecule has 20 heavy (non-hydrogen) atoms. The number of aromatic hydroxyl groups is 1. The Morgan fingerprint density at radius 1 is 1.20 bits per heavy atom. The molecule has 0 aromatic heterocycles. The van der Waals surface area contributed by atoms with Crippen LogP contribution in [0.2, 0.25) is 0 Å². The predicted molar refractivity (Wildman–Crippen MR) is 78.1 cm³/mol. The van der Waals surface area contributed by atoms with Crippen LogP contribution in [0.25, 0.3) is 0 Å². The molecule has 0 fully saturated rings. The van der Waals surface area contributed by atoms with E-state index in [2.05, 4.69) is 0 Å². The minimum absolute atomic E-state index is 0.0728. The van der Waals surface area contributed by atoms with Crippen molar-refractivity contribution >= 4 is 12.2 Å². The number of anilines is 1. The van der Waals surface area contributed by atoms with Crippen LogP contribution in [0.1, 0.15) is 11.1 Å². The number of carbonyl (C=O) groups excluding carboxylic acids is 1. The molecule has 2 aromatic rings. The van der Waals surface area contributed by atoms with E-state index in [4.69, 9.17) is 4.74 Å². The van der Waals surface area contributed by atoms with Crippen LogP contribution in [0.5, 0.6) is 11.5 Å². The monoisotopic (exact) mass is 271 g/mol. The summed E-state index contributed by atoms with van der Waals surface area (Å²) in [7, 11) is 1.96. The highest BCUT2D eigenvalue weighted by Gasteiger charge is 2.09. The van der Waals surface area contributed by atoms with Crippen molar-refractivity contribution in [1.29, 1.82) is 0 Å². The Bertz CT molecular complexity index is 593. The zero-order chi connectivity index (χ0) is 14.5. The molecule has 2 aromatic carbocycles. The van der Waals surface area contributed by atoms with Gasteiger partial charge in [0.25, 0.3) is 6.47 Å². The van der Waals surface area contributed by atoms with Crippen LogP contribution in [0.4, 0.5) is 5.69 Å². The van der Waals surface area contributed by atoms with E-state index in [1.165, 1.54) is 11.6 Å². The van der Waals surface area contributed by atoms with Crippen LogP contribution in [0.15, 0.2) is 42.5 Å². The first-order valence-corrected chi connectivity index (χ1v) is 6.30. The van der Waals surface area contributed by atoms with Crippen LogP contribution in [0.3, 0.4) is 0 Å². The Kier molecular flexibility index (Phi) is 4.25. The number of nitrogens with zero attached hydrogens (tertiary/aromatic N) is 1. The smallest absolute Gasteiger partial charge is 0.298 e. The van der Waals surface area contributed by atoms with Crippen molar-refractivity contribution in [3.63, 3.8) is 0 Å². The number of carbonyl (C=O) groups is 1. The molecule has 0 saturated carbocycles. The molecule has 0 bridgehead atoms. The molecule has 104 valence electrons. The second-order valence-electron chi connectivity index (χ2n) is 4.70. The number of rotatable bonds is 5. The van der Waals surface area contributed by atoms with Crippen LogP contribution >= 0.6 is 0 Å². The van der Waals surface area contributed by atoms with Gasteiger partial charge < -0.3 is 14.7 Å². The number of ether oxygens (including phenoxy) is 1. The Hall–Kier alpha value is -2.49. The molecule has 0 amide bonds. The van der Waals surface area contributed by atoms with Gasteiger partial charge in [-0.1, -0.05) is 17.7 Å². The standard InChI is InChI=1S/C16H17NO3/c1-12-3-6-14(7-4-12)17(2)10-13-5-8-15(19)9-16(13)20-11-18/h3-9,11,19H,10H2,1-2H3. The molecule has 0 heterocycles. The Morgan fingerprint density at radius 2 is 1.90 bits per heavy atom. The third-order valence-electron chi connectivity index (χ3n) is 3.11. The zero-order valence-electron chi connectivity index (χ0n) is 11.5. The van der Waals surface area contributed by atoms with Crippen LogP contribution in [0, 0.1) is 6.92 Å². The van der Waals surface area contributed by atoms with Gasteiger partial charge in [0, 0.05) is 30.9 Å². The van der Waals surface area contributed by atoms with Crippen LogP contribution in [-0.2, 0) is 11.3 Å². The molecule has 0 aliphatic rings.